The van der Waals surface area contributed by atoms with Crippen LogP contribution < -0.4 is 15.4 Å². The van der Waals surface area contributed by atoms with Crippen molar-refractivity contribution in [2.24, 2.45) is 0 Å². The van der Waals surface area contributed by atoms with Gasteiger partial charge in [-0.05, 0) is 75.2 Å². The van der Waals surface area contributed by atoms with E-state index in [1.807, 2.05) is 0 Å². The standard InChI is InChI=1S/C24H24ClF3N4O3S/c1-29-36(34,35)19-7-2-4-14(11-19)23(33)31-18-6-3-5-17(13-18)30-21-12-15-10-16(25)8-9-20(15)32-22(21)24(26,27)28/h2,4,7-12,17-18,29-30H,3,5-6,13H2,1H3,(H,31,33)/t17-,18-/m0/s1. The lowest BCUT2D eigenvalue weighted by molar-refractivity contribution is -0.140. The number of fused-ring (bicyclic) bond motifs is 1. The van der Waals surface area contributed by atoms with Gasteiger partial charge in [0.25, 0.3) is 5.91 Å². The number of aromatic nitrogens is 1. The molecule has 1 aliphatic carbocycles. The molecule has 0 aliphatic heterocycles. The molecule has 2 aromatic carbocycles. The van der Waals surface area contributed by atoms with Gasteiger partial charge in [-0.1, -0.05) is 17.7 Å². The maximum Gasteiger partial charge on any atom is 0.435 e. The SMILES string of the molecule is CNS(=O)(=O)c1cccc(C(=O)N[C@H]2CCC[C@H](Nc3cc4cc(Cl)ccc4nc3C(F)(F)F)C2)c1. The van der Waals surface area contributed by atoms with Gasteiger partial charge in [0.1, 0.15) is 0 Å². The number of hydrogen-bond donors (Lipinski definition) is 3. The van der Waals surface area contributed by atoms with Crippen LogP contribution in [-0.2, 0) is 16.2 Å². The predicted octanol–water partition coefficient (Wildman–Crippen LogP) is 4.97. The summed E-state index contributed by atoms with van der Waals surface area (Å²) in [5.41, 5.74) is -0.782. The van der Waals surface area contributed by atoms with Crippen molar-refractivity contribution in [2.75, 3.05) is 12.4 Å². The summed E-state index contributed by atoms with van der Waals surface area (Å²) < 4.78 is 67.5. The quantitative estimate of drug-likeness (QED) is 0.410. The summed E-state index contributed by atoms with van der Waals surface area (Å²) in [4.78, 5) is 16.6. The van der Waals surface area contributed by atoms with E-state index in [1.165, 1.54) is 49.5 Å². The Hall–Kier alpha value is -2.89. The minimum absolute atomic E-state index is 0.0376. The number of benzene rings is 2. The highest BCUT2D eigenvalue weighted by atomic mass is 35.5. The topological polar surface area (TPSA) is 100 Å². The number of alkyl halides is 3. The molecule has 0 spiro atoms. The maximum absolute atomic E-state index is 13.8. The lowest BCUT2D eigenvalue weighted by atomic mass is 9.90. The molecule has 1 amide bonds. The highest BCUT2D eigenvalue weighted by Crippen LogP contribution is 2.37. The number of nitrogens with zero attached hydrogens (tertiary/aromatic N) is 1. The van der Waals surface area contributed by atoms with Gasteiger partial charge in [-0.3, -0.25) is 4.79 Å². The Labute approximate surface area is 211 Å². The van der Waals surface area contributed by atoms with Gasteiger partial charge in [-0.25, -0.2) is 18.1 Å². The van der Waals surface area contributed by atoms with Crippen LogP contribution in [0.15, 0.2) is 53.4 Å². The van der Waals surface area contributed by atoms with E-state index in [9.17, 15) is 26.4 Å². The number of sulfonamides is 1. The van der Waals surface area contributed by atoms with Crippen LogP contribution in [0.1, 0.15) is 41.7 Å². The van der Waals surface area contributed by atoms with Crippen molar-refractivity contribution >= 4 is 44.1 Å². The Morgan fingerprint density at radius 3 is 2.56 bits per heavy atom. The van der Waals surface area contributed by atoms with Gasteiger partial charge in [0, 0.05) is 28.1 Å². The number of pyridine rings is 1. The molecule has 4 rings (SSSR count). The zero-order chi connectivity index (χ0) is 26.1. The number of amides is 1. The number of rotatable bonds is 6. The molecule has 0 radical (unpaired) electrons. The van der Waals surface area contributed by atoms with Crippen LogP contribution in [0.5, 0.6) is 0 Å². The van der Waals surface area contributed by atoms with E-state index in [1.54, 1.807) is 6.07 Å². The normalized spacial score (nSPS) is 18.7. The largest absolute Gasteiger partial charge is 0.435 e. The number of halogens is 4. The van der Waals surface area contributed by atoms with Crippen molar-refractivity contribution in [1.29, 1.82) is 0 Å². The number of nitrogens with one attached hydrogen (secondary N) is 3. The number of hydrogen-bond acceptors (Lipinski definition) is 5. The first-order valence-corrected chi connectivity index (χ1v) is 13.1. The van der Waals surface area contributed by atoms with Gasteiger partial charge >= 0.3 is 6.18 Å². The Bertz CT molecular complexity index is 1400. The van der Waals surface area contributed by atoms with E-state index < -0.39 is 27.8 Å². The molecule has 0 saturated heterocycles. The average Bonchev–Trinajstić information content (AvgIpc) is 2.83. The Morgan fingerprint density at radius 1 is 1.08 bits per heavy atom. The third-order valence-corrected chi connectivity index (χ3v) is 7.74. The Kier molecular flexibility index (Phi) is 7.44. The van der Waals surface area contributed by atoms with E-state index in [0.29, 0.717) is 36.1 Å². The van der Waals surface area contributed by atoms with E-state index in [-0.39, 0.29) is 33.7 Å². The molecule has 1 saturated carbocycles. The zero-order valence-electron chi connectivity index (χ0n) is 19.2. The minimum atomic E-state index is -4.66. The van der Waals surface area contributed by atoms with Gasteiger partial charge in [0.2, 0.25) is 10.0 Å². The number of anilines is 1. The predicted molar refractivity (Wildman–Crippen MR) is 132 cm³/mol. The summed E-state index contributed by atoms with van der Waals surface area (Å²) in [5.74, 6) is -0.452. The zero-order valence-corrected chi connectivity index (χ0v) is 20.8. The van der Waals surface area contributed by atoms with Gasteiger partial charge in [-0.15, -0.1) is 0 Å². The van der Waals surface area contributed by atoms with Crippen LogP contribution in [0.2, 0.25) is 5.02 Å². The van der Waals surface area contributed by atoms with Crippen molar-refractivity contribution in [2.45, 2.75) is 48.8 Å². The molecular formula is C24H24ClF3N4O3S. The van der Waals surface area contributed by atoms with E-state index in [0.717, 1.165) is 0 Å². The lowest BCUT2D eigenvalue weighted by Gasteiger charge is -2.31. The number of carbonyl (C=O) groups excluding carboxylic acids is 1. The molecule has 1 aliphatic rings. The van der Waals surface area contributed by atoms with Gasteiger partial charge in [-0.2, -0.15) is 13.2 Å². The van der Waals surface area contributed by atoms with Crippen molar-refractivity contribution in [3.63, 3.8) is 0 Å². The fourth-order valence-corrected chi connectivity index (χ4v) is 5.29. The summed E-state index contributed by atoms with van der Waals surface area (Å²) in [6.45, 7) is 0. The van der Waals surface area contributed by atoms with Crippen LogP contribution in [0.3, 0.4) is 0 Å². The molecule has 0 bridgehead atoms. The third-order valence-electron chi connectivity index (χ3n) is 6.09. The molecule has 36 heavy (non-hydrogen) atoms. The van der Waals surface area contributed by atoms with Gasteiger partial charge in [0.05, 0.1) is 16.1 Å². The Morgan fingerprint density at radius 2 is 1.83 bits per heavy atom. The van der Waals surface area contributed by atoms with E-state index >= 15 is 0 Å². The van der Waals surface area contributed by atoms with Crippen LogP contribution in [0.4, 0.5) is 18.9 Å². The summed E-state index contributed by atoms with van der Waals surface area (Å²) in [6.07, 6.45) is -2.31. The average molecular weight is 541 g/mol. The summed E-state index contributed by atoms with van der Waals surface area (Å²) in [7, 11) is -2.43. The van der Waals surface area contributed by atoms with E-state index in [2.05, 4.69) is 20.3 Å². The highest BCUT2D eigenvalue weighted by Gasteiger charge is 2.37. The fraction of sp³-hybridized carbons (Fsp3) is 0.333. The Balaban J connectivity index is 1.51. The number of carbonyl (C=O) groups is 1. The van der Waals surface area contributed by atoms with Crippen molar-refractivity contribution in [3.8, 4) is 0 Å². The van der Waals surface area contributed by atoms with Crippen LogP contribution in [-0.4, -0.2) is 38.4 Å². The van der Waals surface area contributed by atoms with E-state index in [4.69, 9.17) is 11.6 Å². The lowest BCUT2D eigenvalue weighted by Crippen LogP contribution is -2.42. The third kappa shape index (κ3) is 5.91. The molecule has 12 heteroatoms. The second-order valence-electron chi connectivity index (χ2n) is 8.63. The molecule has 0 unspecified atom stereocenters. The molecule has 3 N–H and O–H groups in total. The van der Waals surface area contributed by atoms with Gasteiger partial charge < -0.3 is 10.6 Å². The molecule has 2 atom stereocenters. The first kappa shape index (κ1) is 26.2. The van der Waals surface area contributed by atoms with Crippen molar-refractivity contribution in [3.05, 3.63) is 64.8 Å². The summed E-state index contributed by atoms with van der Waals surface area (Å²) in [6, 6.07) is 10.9. The summed E-state index contributed by atoms with van der Waals surface area (Å²) >= 11 is 6.01. The van der Waals surface area contributed by atoms with Crippen molar-refractivity contribution in [1.82, 2.24) is 15.0 Å². The highest BCUT2D eigenvalue weighted by molar-refractivity contribution is 7.89. The van der Waals surface area contributed by atoms with Crippen molar-refractivity contribution < 1.29 is 26.4 Å². The first-order valence-electron chi connectivity index (χ1n) is 11.2. The van der Waals surface area contributed by atoms with Crippen LogP contribution in [0.25, 0.3) is 10.9 Å². The molecule has 3 aromatic rings. The minimum Gasteiger partial charge on any atom is -0.380 e. The maximum atomic E-state index is 13.8. The second-order valence-corrected chi connectivity index (χ2v) is 11.0. The molecule has 7 nitrogen and oxygen atoms in total. The van der Waals surface area contributed by atoms with Crippen LogP contribution >= 0.6 is 11.6 Å². The second kappa shape index (κ2) is 10.2. The smallest absolute Gasteiger partial charge is 0.380 e. The molecule has 1 fully saturated rings. The molecular weight excluding hydrogens is 517 g/mol. The summed E-state index contributed by atoms with van der Waals surface area (Å²) in [5, 5.41) is 6.74. The van der Waals surface area contributed by atoms with Crippen LogP contribution in [0, 0.1) is 0 Å². The van der Waals surface area contributed by atoms with Gasteiger partial charge in [0.15, 0.2) is 5.69 Å². The molecule has 192 valence electrons. The fourth-order valence-electron chi connectivity index (χ4n) is 4.34. The molecule has 1 heterocycles. The monoisotopic (exact) mass is 540 g/mol. The first-order chi connectivity index (χ1) is 17.0. The molecule has 1 aromatic heterocycles.